The standard InChI is InChI=1S/Cu.HNO3.6H2O/c;2-1(3)4;;;;;;/h;(H,2,3,4);6*1H2. The third kappa shape index (κ3) is 1960. The minimum Gasteiger partial charge on any atom is -0.412 e. The minimum absolute atomic E-state index is 0. The van der Waals surface area contributed by atoms with E-state index in [0.717, 1.165) is 0 Å². The molecule has 83 valence electrons. The van der Waals surface area contributed by atoms with E-state index in [-0.39, 0.29) is 49.9 Å². The zero-order valence-corrected chi connectivity index (χ0v) is 5.95. The average molecular weight is 235 g/mol. The van der Waals surface area contributed by atoms with Gasteiger partial charge in [-0.15, -0.1) is 10.1 Å². The number of nitrogens with zero attached hydrogens (tertiary/aromatic N) is 1. The average Bonchev–Trinajstić information content (AvgIpc) is 0.811. The van der Waals surface area contributed by atoms with E-state index in [1.807, 2.05) is 0 Å². The third-order valence-electron chi connectivity index (χ3n) is 0. The van der Waals surface area contributed by atoms with Crippen molar-refractivity contribution in [3.8, 4) is 0 Å². The SMILES string of the molecule is O.O.O.O.O.O.O=[N+]([O-])O.[Cu]. The molecule has 1 radical (unpaired) electrons. The first-order chi connectivity index (χ1) is 1.73. The van der Waals surface area contributed by atoms with Crippen LogP contribution in [0.3, 0.4) is 0 Å². The molecule has 0 spiro atoms. The second-order valence-corrected chi connectivity index (χ2v) is 0.238. The van der Waals surface area contributed by atoms with E-state index < -0.39 is 5.09 Å². The molecule has 0 aromatic heterocycles. The van der Waals surface area contributed by atoms with Crippen molar-refractivity contribution in [2.45, 2.75) is 0 Å². The van der Waals surface area contributed by atoms with E-state index in [0.29, 0.717) is 0 Å². The molecule has 0 rings (SSSR count). The first-order valence-corrected chi connectivity index (χ1v) is 0.565. The summed E-state index contributed by atoms with van der Waals surface area (Å²) in [7, 11) is 0. The second-order valence-electron chi connectivity index (χ2n) is 0.238. The zero-order valence-electron chi connectivity index (χ0n) is 5.01. The number of hydrogen-bond donors (Lipinski definition) is 1. The van der Waals surface area contributed by atoms with Crippen LogP contribution in [0, 0.1) is 10.1 Å². The molecule has 0 amide bonds. The maximum absolute atomic E-state index is 8.36. The number of rotatable bonds is 0. The van der Waals surface area contributed by atoms with Gasteiger partial charge in [-0.1, -0.05) is 0 Å². The fourth-order valence-electron chi connectivity index (χ4n) is 0. The van der Waals surface area contributed by atoms with Crippen LogP contribution in [0.4, 0.5) is 0 Å². The van der Waals surface area contributed by atoms with Crippen molar-refractivity contribution < 1.29 is 60.2 Å². The van der Waals surface area contributed by atoms with Crippen LogP contribution in [-0.2, 0) is 17.1 Å². The molecule has 10 nitrogen and oxygen atoms in total. The second kappa shape index (κ2) is 111. The Morgan fingerprint density at radius 1 is 0.909 bits per heavy atom. The smallest absolute Gasteiger partial charge is 0.291 e. The van der Waals surface area contributed by atoms with Gasteiger partial charge in [-0.3, -0.25) is 0 Å². The molecule has 0 aromatic carbocycles. The molecule has 0 atom stereocenters. The molecule has 0 aromatic rings. The van der Waals surface area contributed by atoms with Crippen LogP contribution in [0.25, 0.3) is 0 Å². The Bertz CT molecular complexity index is 32.5. The molecule has 0 bridgehead atoms. The van der Waals surface area contributed by atoms with Gasteiger partial charge in [0.15, 0.2) is 0 Å². The largest absolute Gasteiger partial charge is 0.412 e. The van der Waals surface area contributed by atoms with Gasteiger partial charge in [0.05, 0.1) is 0 Å². The van der Waals surface area contributed by atoms with E-state index in [1.54, 1.807) is 0 Å². The first-order valence-electron chi connectivity index (χ1n) is 0.565. The predicted molar refractivity (Wildman–Crippen MR) is 30.5 cm³/mol. The van der Waals surface area contributed by atoms with Crippen molar-refractivity contribution in [2.24, 2.45) is 0 Å². The molecule has 0 aliphatic carbocycles. The Morgan fingerprint density at radius 2 is 0.909 bits per heavy atom. The topological polar surface area (TPSA) is 252 Å². The molecule has 0 unspecified atom stereocenters. The minimum atomic E-state index is -1.50. The Balaban J connectivity index is -0.00000000214. The van der Waals surface area contributed by atoms with Crippen LogP contribution in [0.5, 0.6) is 0 Å². The zero-order chi connectivity index (χ0) is 3.58. The molecule has 0 fully saturated rings. The molecule has 0 saturated heterocycles. The van der Waals surface area contributed by atoms with Gasteiger partial charge >= 0.3 is 0 Å². The Morgan fingerprint density at radius 3 is 0.909 bits per heavy atom. The third-order valence-corrected chi connectivity index (χ3v) is 0. The fourth-order valence-corrected chi connectivity index (χ4v) is 0. The molecular weight excluding hydrogens is 222 g/mol. The van der Waals surface area contributed by atoms with Crippen LogP contribution >= 0.6 is 0 Å². The van der Waals surface area contributed by atoms with Gasteiger partial charge < -0.3 is 38.1 Å². The van der Waals surface area contributed by atoms with E-state index >= 15 is 0 Å². The molecule has 13 N–H and O–H groups in total. The van der Waals surface area contributed by atoms with Crippen molar-refractivity contribution in [1.29, 1.82) is 0 Å². The molecule has 0 saturated carbocycles. The van der Waals surface area contributed by atoms with E-state index in [4.69, 9.17) is 15.3 Å². The summed E-state index contributed by atoms with van der Waals surface area (Å²) in [5.41, 5.74) is 0. The summed E-state index contributed by atoms with van der Waals surface area (Å²) in [6.07, 6.45) is 0. The molecular formula is H13CuNO9. The summed E-state index contributed by atoms with van der Waals surface area (Å²) in [5.74, 6) is 0. The fraction of sp³-hybridized carbons (Fsp3) is 0. The van der Waals surface area contributed by atoms with Crippen molar-refractivity contribution in [3.05, 3.63) is 10.1 Å². The van der Waals surface area contributed by atoms with Gasteiger partial charge in [0.1, 0.15) is 0 Å². The molecule has 0 aliphatic rings. The summed E-state index contributed by atoms with van der Waals surface area (Å²) in [5, 5.41) is 13.6. The van der Waals surface area contributed by atoms with Crippen LogP contribution in [0.2, 0.25) is 0 Å². The molecule has 11 heteroatoms. The van der Waals surface area contributed by atoms with Crippen LogP contribution in [-0.4, -0.2) is 43.2 Å². The van der Waals surface area contributed by atoms with Crippen LogP contribution < -0.4 is 0 Å². The molecule has 11 heavy (non-hydrogen) atoms. The van der Waals surface area contributed by atoms with E-state index in [9.17, 15) is 0 Å². The Hall–Kier alpha value is -0.521. The Labute approximate surface area is 71.3 Å². The van der Waals surface area contributed by atoms with Gasteiger partial charge in [-0.05, 0) is 0 Å². The summed E-state index contributed by atoms with van der Waals surface area (Å²) >= 11 is 0. The monoisotopic (exact) mass is 234 g/mol. The van der Waals surface area contributed by atoms with Gasteiger partial charge in [-0.2, -0.15) is 0 Å². The Kier molecular flexibility index (Phi) is 1540. The van der Waals surface area contributed by atoms with Crippen molar-refractivity contribution in [1.82, 2.24) is 0 Å². The summed E-state index contributed by atoms with van der Waals surface area (Å²) in [6, 6.07) is 0. The predicted octanol–water partition coefficient (Wildman–Crippen LogP) is -5.30. The van der Waals surface area contributed by atoms with Gasteiger partial charge in [0.25, 0.3) is 5.09 Å². The quantitative estimate of drug-likeness (QED) is 0.245. The van der Waals surface area contributed by atoms with E-state index in [2.05, 4.69) is 0 Å². The maximum atomic E-state index is 8.36. The van der Waals surface area contributed by atoms with Crippen LogP contribution in [0.15, 0.2) is 0 Å². The van der Waals surface area contributed by atoms with Crippen molar-refractivity contribution in [2.75, 3.05) is 0 Å². The van der Waals surface area contributed by atoms with Gasteiger partial charge in [0, 0.05) is 17.1 Å². The summed E-state index contributed by atoms with van der Waals surface area (Å²) in [6.45, 7) is 0. The maximum Gasteiger partial charge on any atom is 0.291 e. The molecule has 0 heterocycles. The van der Waals surface area contributed by atoms with Crippen molar-refractivity contribution >= 4 is 0 Å². The number of hydrogen-bond acceptors (Lipinski definition) is 2. The normalized spacial score (nSPS) is 2.18. The van der Waals surface area contributed by atoms with Crippen LogP contribution in [0.1, 0.15) is 0 Å². The summed E-state index contributed by atoms with van der Waals surface area (Å²) < 4.78 is 0. The first kappa shape index (κ1) is 153. The van der Waals surface area contributed by atoms with Gasteiger partial charge in [0.2, 0.25) is 0 Å². The van der Waals surface area contributed by atoms with E-state index in [1.165, 1.54) is 0 Å². The van der Waals surface area contributed by atoms with Gasteiger partial charge in [-0.25, -0.2) is 0 Å². The van der Waals surface area contributed by atoms with Crippen molar-refractivity contribution in [3.63, 3.8) is 0 Å². The molecule has 0 aliphatic heterocycles. The summed E-state index contributed by atoms with van der Waals surface area (Å²) in [4.78, 5) is 8.36.